The third kappa shape index (κ3) is 3.44. The van der Waals surface area contributed by atoms with E-state index >= 15 is 0 Å². The van der Waals surface area contributed by atoms with E-state index in [-0.39, 0.29) is 0 Å². The summed E-state index contributed by atoms with van der Waals surface area (Å²) in [6, 6.07) is 0. The van der Waals surface area contributed by atoms with E-state index in [1.807, 2.05) is 0 Å². The highest BCUT2D eigenvalue weighted by Gasteiger charge is 2.16. The van der Waals surface area contributed by atoms with Gasteiger partial charge in [-0.3, -0.25) is 0 Å². The molecule has 0 spiro atoms. The molecule has 1 saturated heterocycles. The fraction of sp³-hybridized carbons (Fsp3) is 1.00. The number of hydrogen-bond acceptors (Lipinski definition) is 1. The standard InChI is InChI=1S/C10H20BrN/c1-2-10-4-8-12(9-5-10)7-3-6-11/h10H,2-9H2,1H3. The average Bonchev–Trinajstić information content (AvgIpc) is 2.15. The highest BCUT2D eigenvalue weighted by molar-refractivity contribution is 9.09. The zero-order valence-corrected chi connectivity index (χ0v) is 9.65. The summed E-state index contributed by atoms with van der Waals surface area (Å²) in [5, 5.41) is 1.15. The molecular weight excluding hydrogens is 214 g/mol. The first-order chi connectivity index (χ1) is 5.86. The Morgan fingerprint density at radius 1 is 1.33 bits per heavy atom. The zero-order valence-electron chi connectivity index (χ0n) is 8.06. The predicted octanol–water partition coefficient (Wildman–Crippen LogP) is 2.89. The van der Waals surface area contributed by atoms with Gasteiger partial charge in [0.05, 0.1) is 0 Å². The summed E-state index contributed by atoms with van der Waals surface area (Å²) < 4.78 is 0. The van der Waals surface area contributed by atoms with E-state index in [0.29, 0.717) is 0 Å². The van der Waals surface area contributed by atoms with E-state index < -0.39 is 0 Å². The Kier molecular flexibility index (Phi) is 5.24. The number of nitrogens with zero attached hydrogens (tertiary/aromatic N) is 1. The van der Waals surface area contributed by atoms with Crippen LogP contribution in [0.3, 0.4) is 0 Å². The minimum atomic E-state index is 1.02. The Labute approximate surface area is 84.6 Å². The van der Waals surface area contributed by atoms with Gasteiger partial charge in [-0.05, 0) is 44.8 Å². The van der Waals surface area contributed by atoms with E-state index in [1.165, 1.54) is 45.3 Å². The van der Waals surface area contributed by atoms with Crippen molar-refractivity contribution in [1.29, 1.82) is 0 Å². The third-order valence-electron chi connectivity index (χ3n) is 2.89. The molecule has 2 heteroatoms. The lowest BCUT2D eigenvalue weighted by Gasteiger charge is -2.31. The van der Waals surface area contributed by atoms with Crippen molar-refractivity contribution in [2.24, 2.45) is 5.92 Å². The Morgan fingerprint density at radius 3 is 2.50 bits per heavy atom. The first kappa shape index (κ1) is 10.5. The number of hydrogen-bond donors (Lipinski definition) is 0. The van der Waals surface area contributed by atoms with Gasteiger partial charge in [-0.2, -0.15) is 0 Å². The Hall–Kier alpha value is 0.440. The summed E-state index contributed by atoms with van der Waals surface area (Å²) in [4.78, 5) is 2.60. The summed E-state index contributed by atoms with van der Waals surface area (Å²) in [5.74, 6) is 1.02. The topological polar surface area (TPSA) is 3.24 Å². The number of halogens is 1. The summed E-state index contributed by atoms with van der Waals surface area (Å²) in [5.41, 5.74) is 0. The molecule has 0 aromatic rings. The van der Waals surface area contributed by atoms with Crippen molar-refractivity contribution in [2.45, 2.75) is 32.6 Å². The van der Waals surface area contributed by atoms with Crippen molar-refractivity contribution in [3.63, 3.8) is 0 Å². The predicted molar refractivity (Wildman–Crippen MR) is 57.9 cm³/mol. The van der Waals surface area contributed by atoms with Crippen LogP contribution in [0.4, 0.5) is 0 Å². The van der Waals surface area contributed by atoms with Crippen molar-refractivity contribution in [3.8, 4) is 0 Å². The average molecular weight is 234 g/mol. The van der Waals surface area contributed by atoms with Crippen LogP contribution >= 0.6 is 15.9 Å². The van der Waals surface area contributed by atoms with Gasteiger partial charge in [-0.25, -0.2) is 0 Å². The molecular formula is C10H20BrN. The largest absolute Gasteiger partial charge is 0.303 e. The van der Waals surface area contributed by atoms with Crippen LogP contribution in [0, 0.1) is 5.92 Å². The van der Waals surface area contributed by atoms with E-state index in [1.54, 1.807) is 0 Å². The molecule has 72 valence electrons. The summed E-state index contributed by atoms with van der Waals surface area (Å²) in [7, 11) is 0. The molecule has 1 fully saturated rings. The molecule has 0 aliphatic carbocycles. The van der Waals surface area contributed by atoms with Gasteiger partial charge in [-0.1, -0.05) is 29.3 Å². The van der Waals surface area contributed by atoms with E-state index in [0.717, 1.165) is 11.2 Å². The maximum atomic E-state index is 3.48. The quantitative estimate of drug-likeness (QED) is 0.676. The van der Waals surface area contributed by atoms with Crippen LogP contribution < -0.4 is 0 Å². The van der Waals surface area contributed by atoms with Gasteiger partial charge in [0.25, 0.3) is 0 Å². The van der Waals surface area contributed by atoms with Crippen molar-refractivity contribution < 1.29 is 0 Å². The van der Waals surface area contributed by atoms with Gasteiger partial charge < -0.3 is 4.90 Å². The molecule has 0 amide bonds. The lowest BCUT2D eigenvalue weighted by molar-refractivity contribution is 0.183. The molecule has 0 saturated carbocycles. The van der Waals surface area contributed by atoms with Crippen molar-refractivity contribution >= 4 is 15.9 Å². The van der Waals surface area contributed by atoms with Gasteiger partial charge in [-0.15, -0.1) is 0 Å². The molecule has 0 N–H and O–H groups in total. The van der Waals surface area contributed by atoms with Gasteiger partial charge in [0, 0.05) is 5.33 Å². The summed E-state index contributed by atoms with van der Waals surface area (Å²) in [6.45, 7) is 6.29. The van der Waals surface area contributed by atoms with Crippen molar-refractivity contribution in [1.82, 2.24) is 4.90 Å². The first-order valence-corrected chi connectivity index (χ1v) is 6.27. The van der Waals surface area contributed by atoms with Gasteiger partial charge >= 0.3 is 0 Å². The van der Waals surface area contributed by atoms with Crippen LogP contribution in [0.25, 0.3) is 0 Å². The van der Waals surface area contributed by atoms with Crippen LogP contribution in [0.15, 0.2) is 0 Å². The van der Waals surface area contributed by atoms with Crippen LogP contribution in [0.5, 0.6) is 0 Å². The number of rotatable bonds is 4. The lowest BCUT2D eigenvalue weighted by atomic mass is 9.94. The van der Waals surface area contributed by atoms with Crippen molar-refractivity contribution in [2.75, 3.05) is 25.0 Å². The minimum Gasteiger partial charge on any atom is -0.303 e. The van der Waals surface area contributed by atoms with Crippen LogP contribution in [-0.2, 0) is 0 Å². The molecule has 1 heterocycles. The van der Waals surface area contributed by atoms with Gasteiger partial charge in [0.1, 0.15) is 0 Å². The fourth-order valence-corrected chi connectivity index (χ4v) is 2.15. The maximum absolute atomic E-state index is 3.48. The third-order valence-corrected chi connectivity index (χ3v) is 3.45. The molecule has 0 atom stereocenters. The second-order valence-electron chi connectivity index (χ2n) is 3.74. The van der Waals surface area contributed by atoms with E-state index in [9.17, 15) is 0 Å². The monoisotopic (exact) mass is 233 g/mol. The van der Waals surface area contributed by atoms with Crippen LogP contribution in [0.1, 0.15) is 32.6 Å². The highest BCUT2D eigenvalue weighted by Crippen LogP contribution is 2.19. The molecule has 0 unspecified atom stereocenters. The molecule has 1 rings (SSSR count). The van der Waals surface area contributed by atoms with Gasteiger partial charge in [0.2, 0.25) is 0 Å². The molecule has 1 aliphatic heterocycles. The van der Waals surface area contributed by atoms with Crippen molar-refractivity contribution in [3.05, 3.63) is 0 Å². The maximum Gasteiger partial charge on any atom is 0.00434 e. The second kappa shape index (κ2) is 5.98. The summed E-state index contributed by atoms with van der Waals surface area (Å²) in [6.07, 6.45) is 5.54. The number of piperidine rings is 1. The molecule has 0 aromatic heterocycles. The number of likely N-dealkylation sites (tertiary alicyclic amines) is 1. The number of alkyl halides is 1. The van der Waals surface area contributed by atoms with Gasteiger partial charge in [0.15, 0.2) is 0 Å². The molecule has 0 bridgehead atoms. The highest BCUT2D eigenvalue weighted by atomic mass is 79.9. The minimum absolute atomic E-state index is 1.02. The lowest BCUT2D eigenvalue weighted by Crippen LogP contribution is -2.34. The molecule has 12 heavy (non-hydrogen) atoms. The Bertz CT molecular complexity index is 108. The second-order valence-corrected chi connectivity index (χ2v) is 4.53. The molecule has 0 aromatic carbocycles. The normalized spacial score (nSPS) is 21.5. The van der Waals surface area contributed by atoms with Crippen LogP contribution in [0.2, 0.25) is 0 Å². The molecule has 1 nitrogen and oxygen atoms in total. The SMILES string of the molecule is CCC1CCN(CCCBr)CC1. The first-order valence-electron chi connectivity index (χ1n) is 5.15. The smallest absolute Gasteiger partial charge is 0.00434 e. The van der Waals surface area contributed by atoms with Crippen LogP contribution in [-0.4, -0.2) is 29.9 Å². The van der Waals surface area contributed by atoms with E-state index in [2.05, 4.69) is 27.8 Å². The zero-order chi connectivity index (χ0) is 8.81. The fourth-order valence-electron chi connectivity index (χ4n) is 1.90. The molecule has 0 radical (unpaired) electrons. The Balaban J connectivity index is 2.09. The summed E-state index contributed by atoms with van der Waals surface area (Å²) >= 11 is 3.48. The van der Waals surface area contributed by atoms with E-state index in [4.69, 9.17) is 0 Å². The molecule has 1 aliphatic rings. The Morgan fingerprint density at radius 2 is 2.00 bits per heavy atom.